The van der Waals surface area contributed by atoms with Gasteiger partial charge in [0.2, 0.25) is 0 Å². The molecule has 1 saturated heterocycles. The van der Waals surface area contributed by atoms with Gasteiger partial charge in [-0.1, -0.05) is 65.7 Å². The van der Waals surface area contributed by atoms with Gasteiger partial charge in [-0.15, -0.1) is 11.6 Å². The van der Waals surface area contributed by atoms with Crippen molar-refractivity contribution in [3.05, 3.63) is 93.0 Å². The maximum absolute atomic E-state index is 6.91. The van der Waals surface area contributed by atoms with Crippen molar-refractivity contribution in [1.29, 1.82) is 0 Å². The molecule has 32 heavy (non-hydrogen) atoms. The third kappa shape index (κ3) is 4.41. The molecule has 2 nitrogen and oxygen atoms in total. The molecule has 0 N–H and O–H groups in total. The van der Waals surface area contributed by atoms with Crippen molar-refractivity contribution in [3.8, 4) is 0 Å². The van der Waals surface area contributed by atoms with Gasteiger partial charge in [-0.2, -0.15) is 0 Å². The zero-order chi connectivity index (χ0) is 22.3. The molecule has 1 spiro atoms. The van der Waals surface area contributed by atoms with E-state index in [-0.39, 0.29) is 11.7 Å². The second-order valence-corrected chi connectivity index (χ2v) is 11.2. The van der Waals surface area contributed by atoms with Gasteiger partial charge in [0, 0.05) is 29.7 Å². The van der Waals surface area contributed by atoms with E-state index in [1.54, 1.807) is 0 Å². The van der Waals surface area contributed by atoms with Crippen molar-refractivity contribution in [2.45, 2.75) is 49.2 Å². The maximum Gasteiger partial charge on any atom is 0.106 e. The highest BCUT2D eigenvalue weighted by atomic mass is 35.5. The maximum atomic E-state index is 6.91. The van der Waals surface area contributed by atoms with Crippen molar-refractivity contribution >= 4 is 34.8 Å². The number of halogens is 3. The summed E-state index contributed by atoms with van der Waals surface area (Å²) in [4.78, 5) is 2.06. The highest BCUT2D eigenvalue weighted by Crippen LogP contribution is 2.53. The third-order valence-corrected chi connectivity index (χ3v) is 7.87. The Morgan fingerprint density at radius 1 is 1.03 bits per heavy atom. The van der Waals surface area contributed by atoms with Gasteiger partial charge in [0.25, 0.3) is 0 Å². The zero-order valence-corrected chi connectivity index (χ0v) is 20.6. The molecular formula is C27H28Cl3NO. The first-order chi connectivity index (χ1) is 15.4. The lowest BCUT2D eigenvalue weighted by Gasteiger charge is -2.40. The highest BCUT2D eigenvalue weighted by molar-refractivity contribution is 6.33. The summed E-state index contributed by atoms with van der Waals surface area (Å²) in [6, 6.07) is 16.8. The molecule has 2 aromatic rings. The van der Waals surface area contributed by atoms with E-state index < -0.39 is 4.87 Å². The molecule has 0 radical (unpaired) electrons. The minimum Gasteiger partial charge on any atom is -0.358 e. The summed E-state index contributed by atoms with van der Waals surface area (Å²) >= 11 is 19.5. The van der Waals surface area contributed by atoms with Gasteiger partial charge >= 0.3 is 0 Å². The number of likely N-dealkylation sites (tertiary alicyclic amines) is 1. The minimum absolute atomic E-state index is 0.0820. The third-order valence-electron chi connectivity index (χ3n) is 7.05. The van der Waals surface area contributed by atoms with E-state index in [1.807, 2.05) is 31.2 Å². The summed E-state index contributed by atoms with van der Waals surface area (Å²) in [5, 5.41) is 1.55. The van der Waals surface area contributed by atoms with Crippen LogP contribution >= 0.6 is 34.8 Å². The van der Waals surface area contributed by atoms with Crippen molar-refractivity contribution in [1.82, 2.24) is 4.90 Å². The number of nitrogens with zero attached hydrogens (tertiary/aromatic N) is 1. The lowest BCUT2D eigenvalue weighted by Crippen LogP contribution is -2.43. The molecule has 168 valence electrons. The van der Waals surface area contributed by atoms with Crippen LogP contribution in [0, 0.1) is 0 Å². The number of piperidine rings is 1. The van der Waals surface area contributed by atoms with Crippen LogP contribution in [0.3, 0.4) is 0 Å². The van der Waals surface area contributed by atoms with E-state index in [0.717, 1.165) is 50.3 Å². The van der Waals surface area contributed by atoms with E-state index in [9.17, 15) is 0 Å². The van der Waals surface area contributed by atoms with Crippen LogP contribution in [0.15, 0.2) is 71.3 Å². The van der Waals surface area contributed by atoms with E-state index in [0.29, 0.717) is 5.03 Å². The summed E-state index contributed by atoms with van der Waals surface area (Å²) in [6.45, 7) is 5.05. The lowest BCUT2D eigenvalue weighted by atomic mass is 9.82. The first-order valence-corrected chi connectivity index (χ1v) is 12.5. The highest BCUT2D eigenvalue weighted by Gasteiger charge is 2.48. The molecule has 2 unspecified atom stereocenters. The van der Waals surface area contributed by atoms with Crippen molar-refractivity contribution < 1.29 is 4.74 Å². The molecule has 5 rings (SSSR count). The molecule has 1 aliphatic carbocycles. The summed E-state index contributed by atoms with van der Waals surface area (Å²) in [7, 11) is 0. The van der Waals surface area contributed by atoms with Crippen molar-refractivity contribution in [3.63, 3.8) is 0 Å². The van der Waals surface area contributed by atoms with E-state index in [2.05, 4.69) is 41.3 Å². The molecule has 2 atom stereocenters. The van der Waals surface area contributed by atoms with Crippen molar-refractivity contribution in [2.24, 2.45) is 0 Å². The molecule has 3 aliphatic rings. The smallest absolute Gasteiger partial charge is 0.106 e. The largest absolute Gasteiger partial charge is 0.358 e. The fraction of sp³-hybridized carbons (Fsp3) is 0.407. The number of fused-ring (bicyclic) bond motifs is 2. The molecule has 2 aromatic carbocycles. The summed E-state index contributed by atoms with van der Waals surface area (Å²) in [6.07, 6.45) is 7.57. The molecule has 0 bridgehead atoms. The predicted octanol–water partition coefficient (Wildman–Crippen LogP) is 7.40. The van der Waals surface area contributed by atoms with Crippen LogP contribution in [0.2, 0.25) is 5.02 Å². The number of hydrogen-bond donors (Lipinski definition) is 0. The second-order valence-electron chi connectivity index (χ2n) is 9.47. The van der Waals surface area contributed by atoms with Gasteiger partial charge in [0.1, 0.15) is 6.10 Å². The lowest BCUT2D eigenvalue weighted by molar-refractivity contribution is -0.0987. The van der Waals surface area contributed by atoms with Crippen molar-refractivity contribution in [2.75, 3.05) is 19.6 Å². The summed E-state index contributed by atoms with van der Waals surface area (Å²) in [5.74, 6) is 0. The Hall–Kier alpha value is -1.29. The van der Waals surface area contributed by atoms with E-state index in [1.165, 1.54) is 22.3 Å². The van der Waals surface area contributed by atoms with Crippen LogP contribution in [0.25, 0.3) is 0 Å². The number of alkyl halides is 1. The molecule has 0 amide bonds. The van der Waals surface area contributed by atoms with Crippen LogP contribution < -0.4 is 0 Å². The first kappa shape index (κ1) is 22.5. The molecule has 0 saturated carbocycles. The molecule has 0 aromatic heterocycles. The first-order valence-electron chi connectivity index (χ1n) is 11.4. The molecule has 2 heterocycles. The Morgan fingerprint density at radius 2 is 1.75 bits per heavy atom. The molecule has 1 fully saturated rings. The fourth-order valence-electron chi connectivity index (χ4n) is 5.45. The Morgan fingerprint density at radius 3 is 2.50 bits per heavy atom. The van der Waals surface area contributed by atoms with Gasteiger partial charge in [0.15, 0.2) is 0 Å². The van der Waals surface area contributed by atoms with E-state index >= 15 is 0 Å². The Kier molecular flexibility index (Phi) is 6.20. The number of allylic oxidation sites excluding steroid dienone is 3. The van der Waals surface area contributed by atoms with Gasteiger partial charge < -0.3 is 9.64 Å². The monoisotopic (exact) mass is 487 g/mol. The second kappa shape index (κ2) is 8.81. The standard InChI is InChI=1S/C27H28Cl3NO/c1-26(30)17-20(16-21(28)18-26)25-22-7-3-4-8-23(22)27(32-25)11-14-31(15-12-27)13-10-19-6-2-5-9-24(19)29/h2-9,16,18,25H,10-15,17H2,1H3. The molecule has 5 heteroatoms. The Labute approximate surface area is 205 Å². The minimum atomic E-state index is -0.475. The average Bonchev–Trinajstić information content (AvgIpc) is 3.07. The normalized spacial score (nSPS) is 27.2. The summed E-state index contributed by atoms with van der Waals surface area (Å²) in [5.41, 5.74) is 4.75. The molecular weight excluding hydrogens is 461 g/mol. The Balaban J connectivity index is 1.32. The van der Waals surface area contributed by atoms with Gasteiger partial charge in [-0.25, -0.2) is 0 Å². The predicted molar refractivity (Wildman–Crippen MR) is 134 cm³/mol. The van der Waals surface area contributed by atoms with Crippen LogP contribution in [-0.4, -0.2) is 29.4 Å². The van der Waals surface area contributed by atoms with Crippen LogP contribution in [0.1, 0.15) is 49.0 Å². The quantitative estimate of drug-likeness (QED) is 0.416. The average molecular weight is 489 g/mol. The topological polar surface area (TPSA) is 12.5 Å². The molecule has 2 aliphatic heterocycles. The summed E-state index contributed by atoms with van der Waals surface area (Å²) < 4.78 is 6.91. The number of hydrogen-bond acceptors (Lipinski definition) is 2. The zero-order valence-electron chi connectivity index (χ0n) is 18.3. The number of ether oxygens (including phenoxy) is 1. The van der Waals surface area contributed by atoms with E-state index in [4.69, 9.17) is 39.5 Å². The van der Waals surface area contributed by atoms with Gasteiger partial charge in [0.05, 0.1) is 10.5 Å². The van der Waals surface area contributed by atoms with Crippen LogP contribution in [-0.2, 0) is 16.8 Å². The van der Waals surface area contributed by atoms with Crippen LogP contribution in [0.5, 0.6) is 0 Å². The Bertz CT molecular complexity index is 1070. The van der Waals surface area contributed by atoms with Gasteiger partial charge in [-0.05, 0) is 73.1 Å². The number of rotatable bonds is 4. The fourth-order valence-corrected chi connectivity index (χ4v) is 6.39. The van der Waals surface area contributed by atoms with Gasteiger partial charge in [-0.3, -0.25) is 0 Å². The number of benzene rings is 2. The SMILES string of the molecule is CC1(Cl)C=C(Cl)C=C(C2OC3(CCN(CCc4ccccc4Cl)CC3)c3ccccc32)C1. The van der Waals surface area contributed by atoms with Crippen LogP contribution in [0.4, 0.5) is 0 Å².